The maximum absolute atomic E-state index is 12.0. The van der Waals surface area contributed by atoms with E-state index in [0.29, 0.717) is 19.3 Å². The summed E-state index contributed by atoms with van der Waals surface area (Å²) >= 11 is 0. The van der Waals surface area contributed by atoms with Gasteiger partial charge in [-0.1, -0.05) is 18.6 Å². The molecule has 0 spiro atoms. The number of amides is 1. The average molecular weight is 368 g/mol. The van der Waals surface area contributed by atoms with E-state index in [1.54, 1.807) is 25.8 Å². The molecule has 5 nitrogen and oxygen atoms in total. The number of carbonyl (C=O) groups is 2. The molecular formula is C19H29NO4S. The lowest BCUT2D eigenvalue weighted by Crippen LogP contribution is -2.22. The zero-order valence-corrected chi connectivity index (χ0v) is 16.4. The third-order valence-electron chi connectivity index (χ3n) is 4.30. The second-order valence-corrected chi connectivity index (χ2v) is 9.36. The highest BCUT2D eigenvalue weighted by atomic mass is 32.2. The standard InChI is InChI=1S/C19H29NO4S/c1-15(2)25(23,24)13-7-5-6-8-19(22)14-17-9-11-18(12-10-17)20(4)16(3)21/h9-12,15H,5-8,13-14H2,1-4H3. The van der Waals surface area contributed by atoms with Gasteiger partial charge in [0, 0.05) is 32.5 Å². The van der Waals surface area contributed by atoms with Crippen LogP contribution in [-0.4, -0.2) is 38.2 Å². The van der Waals surface area contributed by atoms with Crippen LogP contribution < -0.4 is 4.90 Å². The summed E-state index contributed by atoms with van der Waals surface area (Å²) in [5.41, 5.74) is 1.73. The Morgan fingerprint density at radius 2 is 1.64 bits per heavy atom. The number of unbranched alkanes of at least 4 members (excludes halogenated alkanes) is 2. The first kappa shape index (κ1) is 21.4. The van der Waals surface area contributed by atoms with Crippen molar-refractivity contribution in [3.05, 3.63) is 29.8 Å². The topological polar surface area (TPSA) is 71.5 Å². The fraction of sp³-hybridized carbons (Fsp3) is 0.579. The minimum atomic E-state index is -2.98. The maximum atomic E-state index is 12.0. The molecular weight excluding hydrogens is 338 g/mol. The molecule has 1 aromatic rings. The number of Topliss-reactive ketones (excluding diaryl/α,β-unsaturated/α-hetero) is 1. The highest BCUT2D eigenvalue weighted by Gasteiger charge is 2.15. The summed E-state index contributed by atoms with van der Waals surface area (Å²) < 4.78 is 23.4. The molecule has 0 radical (unpaired) electrons. The van der Waals surface area contributed by atoms with Crippen molar-refractivity contribution in [2.24, 2.45) is 0 Å². The highest BCUT2D eigenvalue weighted by Crippen LogP contribution is 2.15. The minimum absolute atomic E-state index is 0.0386. The van der Waals surface area contributed by atoms with Gasteiger partial charge in [0.25, 0.3) is 0 Å². The van der Waals surface area contributed by atoms with E-state index < -0.39 is 9.84 Å². The zero-order chi connectivity index (χ0) is 19.0. The van der Waals surface area contributed by atoms with Crippen molar-refractivity contribution in [3.63, 3.8) is 0 Å². The van der Waals surface area contributed by atoms with Crippen LogP contribution in [0.2, 0.25) is 0 Å². The molecule has 0 atom stereocenters. The minimum Gasteiger partial charge on any atom is -0.316 e. The predicted molar refractivity (Wildman–Crippen MR) is 102 cm³/mol. The number of ketones is 1. The third kappa shape index (κ3) is 7.38. The lowest BCUT2D eigenvalue weighted by Gasteiger charge is -2.15. The number of carbonyl (C=O) groups excluding carboxylic acids is 2. The van der Waals surface area contributed by atoms with Crippen LogP contribution in [0.15, 0.2) is 24.3 Å². The molecule has 140 valence electrons. The molecule has 1 rings (SSSR count). The second kappa shape index (κ2) is 9.70. The van der Waals surface area contributed by atoms with E-state index in [9.17, 15) is 18.0 Å². The van der Waals surface area contributed by atoms with Gasteiger partial charge in [-0.2, -0.15) is 0 Å². The van der Waals surface area contributed by atoms with Gasteiger partial charge in [0.1, 0.15) is 5.78 Å². The third-order valence-corrected chi connectivity index (χ3v) is 6.59. The van der Waals surface area contributed by atoms with E-state index in [-0.39, 0.29) is 22.7 Å². The van der Waals surface area contributed by atoms with Crippen molar-refractivity contribution < 1.29 is 18.0 Å². The van der Waals surface area contributed by atoms with Crippen molar-refractivity contribution in [2.75, 3.05) is 17.7 Å². The molecule has 0 saturated carbocycles. The number of sulfone groups is 1. The first-order chi connectivity index (χ1) is 11.6. The summed E-state index contributed by atoms with van der Waals surface area (Å²) in [6, 6.07) is 7.39. The number of anilines is 1. The normalized spacial score (nSPS) is 11.6. The molecule has 0 N–H and O–H groups in total. The van der Waals surface area contributed by atoms with Gasteiger partial charge in [0.05, 0.1) is 11.0 Å². The van der Waals surface area contributed by atoms with Gasteiger partial charge >= 0.3 is 0 Å². The lowest BCUT2D eigenvalue weighted by atomic mass is 10.0. The van der Waals surface area contributed by atoms with E-state index in [0.717, 1.165) is 24.1 Å². The van der Waals surface area contributed by atoms with Crippen LogP contribution in [0.25, 0.3) is 0 Å². The second-order valence-electron chi connectivity index (χ2n) is 6.69. The van der Waals surface area contributed by atoms with Crippen LogP contribution in [0.5, 0.6) is 0 Å². The van der Waals surface area contributed by atoms with Gasteiger partial charge in [0.15, 0.2) is 9.84 Å². The van der Waals surface area contributed by atoms with Gasteiger partial charge < -0.3 is 4.90 Å². The van der Waals surface area contributed by atoms with E-state index in [1.165, 1.54) is 6.92 Å². The molecule has 0 aliphatic rings. The average Bonchev–Trinajstić information content (AvgIpc) is 2.54. The fourth-order valence-electron chi connectivity index (χ4n) is 2.37. The summed E-state index contributed by atoms with van der Waals surface area (Å²) in [6.45, 7) is 4.89. The van der Waals surface area contributed by atoms with E-state index in [4.69, 9.17) is 0 Å². The molecule has 0 heterocycles. The van der Waals surface area contributed by atoms with Gasteiger partial charge in [-0.15, -0.1) is 0 Å². The highest BCUT2D eigenvalue weighted by molar-refractivity contribution is 7.91. The summed E-state index contributed by atoms with van der Waals surface area (Å²) in [5.74, 6) is 0.312. The summed E-state index contributed by atoms with van der Waals surface area (Å²) in [5, 5.41) is -0.334. The van der Waals surface area contributed by atoms with Crippen molar-refractivity contribution in [1.82, 2.24) is 0 Å². The van der Waals surface area contributed by atoms with E-state index in [1.807, 2.05) is 24.3 Å². The predicted octanol–water partition coefficient (Wildman–Crippen LogP) is 3.16. The van der Waals surface area contributed by atoms with Gasteiger partial charge in [0.2, 0.25) is 5.91 Å². The first-order valence-corrected chi connectivity index (χ1v) is 10.4. The van der Waals surface area contributed by atoms with Gasteiger partial charge in [-0.3, -0.25) is 9.59 Å². The number of benzene rings is 1. The molecule has 0 fully saturated rings. The molecule has 25 heavy (non-hydrogen) atoms. The monoisotopic (exact) mass is 367 g/mol. The van der Waals surface area contributed by atoms with E-state index >= 15 is 0 Å². The Hall–Kier alpha value is -1.69. The van der Waals surface area contributed by atoms with Gasteiger partial charge in [-0.25, -0.2) is 8.42 Å². The molecule has 0 bridgehead atoms. The summed E-state index contributed by atoms with van der Waals surface area (Å²) in [4.78, 5) is 24.9. The largest absolute Gasteiger partial charge is 0.316 e. The number of rotatable bonds is 10. The number of hydrogen-bond donors (Lipinski definition) is 0. The molecule has 6 heteroatoms. The van der Waals surface area contributed by atoms with Crippen LogP contribution in [-0.2, 0) is 25.8 Å². The van der Waals surface area contributed by atoms with Crippen LogP contribution in [0.3, 0.4) is 0 Å². The van der Waals surface area contributed by atoms with Crippen molar-refractivity contribution >= 4 is 27.2 Å². The van der Waals surface area contributed by atoms with Crippen LogP contribution in [0.4, 0.5) is 5.69 Å². The molecule has 1 amide bonds. The summed E-state index contributed by atoms with van der Waals surface area (Å²) in [7, 11) is -1.27. The lowest BCUT2D eigenvalue weighted by molar-refractivity contribution is -0.118. The Morgan fingerprint density at radius 1 is 1.04 bits per heavy atom. The molecule has 0 aliphatic heterocycles. The number of hydrogen-bond acceptors (Lipinski definition) is 4. The molecule has 1 aromatic carbocycles. The Bertz CT molecular complexity index is 678. The molecule has 0 saturated heterocycles. The fourth-order valence-corrected chi connectivity index (χ4v) is 3.45. The van der Waals surface area contributed by atoms with Gasteiger partial charge in [-0.05, 0) is 44.4 Å². The maximum Gasteiger partial charge on any atom is 0.223 e. The quantitative estimate of drug-likeness (QED) is 0.596. The first-order valence-electron chi connectivity index (χ1n) is 8.70. The number of nitrogens with zero attached hydrogens (tertiary/aromatic N) is 1. The van der Waals surface area contributed by atoms with Crippen LogP contribution >= 0.6 is 0 Å². The van der Waals surface area contributed by atoms with Crippen molar-refractivity contribution in [3.8, 4) is 0 Å². The van der Waals surface area contributed by atoms with E-state index in [2.05, 4.69) is 0 Å². The van der Waals surface area contributed by atoms with Crippen molar-refractivity contribution in [1.29, 1.82) is 0 Å². The van der Waals surface area contributed by atoms with Crippen molar-refractivity contribution in [2.45, 2.75) is 58.1 Å². The molecule has 0 aliphatic carbocycles. The zero-order valence-electron chi connectivity index (χ0n) is 15.6. The Labute approximate surface area is 151 Å². The molecule has 0 unspecified atom stereocenters. The Morgan fingerprint density at radius 3 is 2.16 bits per heavy atom. The van der Waals surface area contributed by atoms with Crippen LogP contribution in [0, 0.1) is 0 Å². The Kier molecular flexibility index (Phi) is 8.29. The SMILES string of the molecule is CC(=O)N(C)c1ccc(CC(=O)CCCCCS(=O)(=O)C(C)C)cc1. The van der Waals surface area contributed by atoms with Crippen LogP contribution in [0.1, 0.15) is 52.0 Å². The molecule has 0 aromatic heterocycles. The summed E-state index contributed by atoms with van der Waals surface area (Å²) in [6.07, 6.45) is 2.92. The smallest absolute Gasteiger partial charge is 0.223 e. The Balaban J connectivity index is 2.34.